The Kier molecular flexibility index (Phi) is 6.41. The molecule has 3 heteroatoms. The van der Waals surface area contributed by atoms with Crippen LogP contribution in [0.3, 0.4) is 0 Å². The van der Waals surface area contributed by atoms with Crippen molar-refractivity contribution >= 4 is 11.6 Å². The largest absolute Gasteiger partial charge is 0.383 e. The molecule has 0 aliphatic carbocycles. The molecule has 0 spiro atoms. The van der Waals surface area contributed by atoms with Gasteiger partial charge in [-0.15, -0.1) is 11.6 Å². The highest BCUT2D eigenvalue weighted by atomic mass is 35.5. The van der Waals surface area contributed by atoms with Gasteiger partial charge in [-0.2, -0.15) is 0 Å². The van der Waals surface area contributed by atoms with Crippen LogP contribution in [0.15, 0.2) is 30.3 Å². The summed E-state index contributed by atoms with van der Waals surface area (Å²) in [6.07, 6.45) is 1.04. The Hall–Kier alpha value is -0.570. The molecule has 0 saturated carbocycles. The maximum atomic E-state index is 5.98. The van der Waals surface area contributed by atoms with Crippen LogP contribution >= 0.6 is 11.6 Å². The molecule has 1 atom stereocenters. The molecule has 0 aromatic heterocycles. The summed E-state index contributed by atoms with van der Waals surface area (Å²) in [4.78, 5) is 0. The van der Waals surface area contributed by atoms with E-state index in [0.29, 0.717) is 6.61 Å². The highest BCUT2D eigenvalue weighted by molar-refractivity contribution is 6.20. The van der Waals surface area contributed by atoms with E-state index >= 15 is 0 Å². The standard InChI is InChI=1S/C12H18ClNO/c1-15-10-12(13)9-14-8-7-11-5-3-2-4-6-11/h2-6,12,14H,7-10H2,1H3. The average Bonchev–Trinajstić information content (AvgIpc) is 2.26. The zero-order chi connectivity index (χ0) is 10.9. The van der Waals surface area contributed by atoms with Gasteiger partial charge in [0.1, 0.15) is 0 Å². The van der Waals surface area contributed by atoms with Crippen LogP contribution in [0.1, 0.15) is 5.56 Å². The molecule has 1 aromatic rings. The quantitative estimate of drug-likeness (QED) is 0.569. The second-order valence-electron chi connectivity index (χ2n) is 3.49. The second kappa shape index (κ2) is 7.69. The van der Waals surface area contributed by atoms with Crippen molar-refractivity contribution in [2.45, 2.75) is 11.8 Å². The van der Waals surface area contributed by atoms with Crippen molar-refractivity contribution in [1.82, 2.24) is 5.32 Å². The van der Waals surface area contributed by atoms with Gasteiger partial charge in [0.25, 0.3) is 0 Å². The van der Waals surface area contributed by atoms with Crippen LogP contribution in [-0.4, -0.2) is 32.2 Å². The third-order valence-electron chi connectivity index (χ3n) is 2.15. The molecule has 1 rings (SSSR count). The molecule has 0 fully saturated rings. The number of rotatable bonds is 7. The van der Waals surface area contributed by atoms with E-state index in [2.05, 4.69) is 29.6 Å². The van der Waals surface area contributed by atoms with E-state index in [-0.39, 0.29) is 5.38 Å². The van der Waals surface area contributed by atoms with Crippen LogP contribution in [0.4, 0.5) is 0 Å². The summed E-state index contributed by atoms with van der Waals surface area (Å²) in [5, 5.41) is 3.37. The fourth-order valence-electron chi connectivity index (χ4n) is 1.38. The Morgan fingerprint density at radius 1 is 1.33 bits per heavy atom. The monoisotopic (exact) mass is 227 g/mol. The molecule has 2 nitrogen and oxygen atoms in total. The van der Waals surface area contributed by atoms with Crippen LogP contribution in [0.25, 0.3) is 0 Å². The van der Waals surface area contributed by atoms with Gasteiger partial charge >= 0.3 is 0 Å². The van der Waals surface area contributed by atoms with Gasteiger partial charge in [-0.1, -0.05) is 30.3 Å². The molecule has 15 heavy (non-hydrogen) atoms. The van der Waals surface area contributed by atoms with Gasteiger partial charge in [-0.25, -0.2) is 0 Å². The number of hydrogen-bond donors (Lipinski definition) is 1. The maximum Gasteiger partial charge on any atom is 0.0693 e. The maximum absolute atomic E-state index is 5.98. The zero-order valence-corrected chi connectivity index (χ0v) is 9.83. The summed E-state index contributed by atoms with van der Waals surface area (Å²) >= 11 is 5.98. The lowest BCUT2D eigenvalue weighted by atomic mass is 10.1. The van der Waals surface area contributed by atoms with Gasteiger partial charge in [0.05, 0.1) is 12.0 Å². The molecule has 0 aliphatic rings. The molecular weight excluding hydrogens is 210 g/mol. The van der Waals surface area contributed by atoms with Crippen molar-refractivity contribution in [3.63, 3.8) is 0 Å². The van der Waals surface area contributed by atoms with E-state index in [4.69, 9.17) is 16.3 Å². The number of methoxy groups -OCH3 is 1. The number of ether oxygens (including phenoxy) is 1. The first-order chi connectivity index (χ1) is 7.33. The lowest BCUT2D eigenvalue weighted by Gasteiger charge is -2.09. The van der Waals surface area contributed by atoms with Gasteiger partial charge in [-0.05, 0) is 18.5 Å². The van der Waals surface area contributed by atoms with Crippen molar-refractivity contribution in [1.29, 1.82) is 0 Å². The molecule has 0 radical (unpaired) electrons. The molecule has 1 N–H and O–H groups in total. The summed E-state index contributed by atoms with van der Waals surface area (Å²) in [6, 6.07) is 10.4. The van der Waals surface area contributed by atoms with Gasteiger partial charge in [0.15, 0.2) is 0 Å². The van der Waals surface area contributed by atoms with Crippen LogP contribution in [0.5, 0.6) is 0 Å². The summed E-state index contributed by atoms with van der Waals surface area (Å²) in [5.74, 6) is 0. The van der Waals surface area contributed by atoms with Crippen molar-refractivity contribution in [3.8, 4) is 0 Å². The summed E-state index contributed by atoms with van der Waals surface area (Å²) < 4.78 is 4.95. The molecule has 0 bridgehead atoms. The highest BCUT2D eigenvalue weighted by Gasteiger charge is 2.01. The Morgan fingerprint density at radius 2 is 2.07 bits per heavy atom. The predicted octanol–water partition coefficient (Wildman–Crippen LogP) is 2.07. The fourth-order valence-corrected chi connectivity index (χ4v) is 1.61. The average molecular weight is 228 g/mol. The molecular formula is C12H18ClNO. The van der Waals surface area contributed by atoms with Gasteiger partial charge in [-0.3, -0.25) is 0 Å². The number of nitrogens with one attached hydrogen (secondary N) is 1. The van der Waals surface area contributed by atoms with Crippen LogP contribution in [0.2, 0.25) is 0 Å². The van der Waals surface area contributed by atoms with Crippen molar-refractivity contribution < 1.29 is 4.74 Å². The minimum absolute atomic E-state index is 0.0609. The van der Waals surface area contributed by atoms with E-state index in [1.54, 1.807) is 7.11 Å². The van der Waals surface area contributed by atoms with Crippen LogP contribution in [-0.2, 0) is 11.2 Å². The van der Waals surface area contributed by atoms with Crippen molar-refractivity contribution in [2.75, 3.05) is 26.8 Å². The number of halogens is 1. The Labute approximate surface area is 96.6 Å². The topological polar surface area (TPSA) is 21.3 Å². The van der Waals surface area contributed by atoms with E-state index in [1.807, 2.05) is 6.07 Å². The second-order valence-corrected chi connectivity index (χ2v) is 4.11. The minimum Gasteiger partial charge on any atom is -0.383 e. The van der Waals surface area contributed by atoms with Crippen molar-refractivity contribution in [3.05, 3.63) is 35.9 Å². The normalized spacial score (nSPS) is 12.7. The fraction of sp³-hybridized carbons (Fsp3) is 0.500. The molecule has 0 saturated heterocycles. The van der Waals surface area contributed by atoms with E-state index in [0.717, 1.165) is 19.5 Å². The molecule has 1 unspecified atom stereocenters. The van der Waals surface area contributed by atoms with Crippen LogP contribution in [0, 0.1) is 0 Å². The Bertz CT molecular complexity index is 253. The van der Waals surface area contributed by atoms with Gasteiger partial charge < -0.3 is 10.1 Å². The summed E-state index contributed by atoms with van der Waals surface area (Å²) in [7, 11) is 1.67. The summed E-state index contributed by atoms with van der Waals surface area (Å²) in [6.45, 7) is 2.35. The first kappa shape index (κ1) is 12.5. The summed E-state index contributed by atoms with van der Waals surface area (Å²) in [5.41, 5.74) is 1.35. The predicted molar refractivity (Wildman–Crippen MR) is 64.5 cm³/mol. The molecule has 0 amide bonds. The third-order valence-corrected chi connectivity index (χ3v) is 2.43. The van der Waals surface area contributed by atoms with Gasteiger partial charge in [0, 0.05) is 13.7 Å². The smallest absolute Gasteiger partial charge is 0.0693 e. The molecule has 1 aromatic carbocycles. The zero-order valence-electron chi connectivity index (χ0n) is 9.08. The number of alkyl halides is 1. The Balaban J connectivity index is 2.07. The minimum atomic E-state index is 0.0609. The van der Waals surface area contributed by atoms with E-state index < -0.39 is 0 Å². The lowest BCUT2D eigenvalue weighted by molar-refractivity contribution is 0.197. The lowest BCUT2D eigenvalue weighted by Crippen LogP contribution is -2.27. The number of benzene rings is 1. The van der Waals surface area contributed by atoms with Gasteiger partial charge in [0.2, 0.25) is 0 Å². The third kappa shape index (κ3) is 5.78. The first-order valence-electron chi connectivity index (χ1n) is 5.20. The molecule has 0 heterocycles. The SMILES string of the molecule is COCC(Cl)CNCCc1ccccc1. The number of hydrogen-bond acceptors (Lipinski definition) is 2. The first-order valence-corrected chi connectivity index (χ1v) is 5.64. The molecule has 84 valence electrons. The highest BCUT2D eigenvalue weighted by Crippen LogP contribution is 1.98. The van der Waals surface area contributed by atoms with Crippen LogP contribution < -0.4 is 5.32 Å². The van der Waals surface area contributed by atoms with Crippen molar-refractivity contribution in [2.24, 2.45) is 0 Å². The van der Waals surface area contributed by atoms with E-state index in [9.17, 15) is 0 Å². The van der Waals surface area contributed by atoms with E-state index in [1.165, 1.54) is 5.56 Å². The molecule has 0 aliphatic heterocycles. The Morgan fingerprint density at radius 3 is 2.73 bits per heavy atom.